The Bertz CT molecular complexity index is 176. The highest BCUT2D eigenvalue weighted by Crippen LogP contribution is 2.15. The van der Waals surface area contributed by atoms with Crippen LogP contribution in [0.5, 0.6) is 0 Å². The van der Waals surface area contributed by atoms with Crippen molar-refractivity contribution < 1.29 is 9.53 Å². The molecule has 0 aliphatic rings. The van der Waals surface area contributed by atoms with Gasteiger partial charge in [-0.05, 0) is 34.4 Å². The van der Waals surface area contributed by atoms with Gasteiger partial charge in [-0.25, -0.2) is 0 Å². The van der Waals surface area contributed by atoms with Gasteiger partial charge in [-0.1, -0.05) is 0 Å². The maximum atomic E-state index is 11.4. The fourth-order valence-electron chi connectivity index (χ4n) is 1.02. The lowest BCUT2D eigenvalue weighted by atomic mass is 10.00. The highest BCUT2D eigenvalue weighted by Gasteiger charge is 2.17. The minimum atomic E-state index is -0.173. The number of hydrogen-bond donors (Lipinski definition) is 0. The van der Waals surface area contributed by atoms with Crippen LogP contribution in [0.4, 0.5) is 0 Å². The van der Waals surface area contributed by atoms with Crippen molar-refractivity contribution in [3.05, 3.63) is 0 Å². The summed E-state index contributed by atoms with van der Waals surface area (Å²) in [5.41, 5.74) is -0.173. The van der Waals surface area contributed by atoms with Crippen LogP contribution in [0.3, 0.4) is 0 Å². The summed E-state index contributed by atoms with van der Waals surface area (Å²) in [6.45, 7) is 4.85. The van der Waals surface area contributed by atoms with Crippen LogP contribution in [0.25, 0.3) is 0 Å². The van der Waals surface area contributed by atoms with E-state index in [0.29, 0.717) is 18.6 Å². The van der Waals surface area contributed by atoms with Crippen LogP contribution in [0, 0.1) is 0 Å². The summed E-state index contributed by atoms with van der Waals surface area (Å²) in [5, 5.41) is 0. The normalized spacial score (nSPS) is 12.1. The summed E-state index contributed by atoms with van der Waals surface area (Å²) in [7, 11) is 5.64. The zero-order valence-electron chi connectivity index (χ0n) is 10.1. The Balaban J connectivity index is 3.64. The van der Waals surface area contributed by atoms with E-state index in [1.54, 1.807) is 7.11 Å². The molecule has 0 aliphatic carbocycles. The first-order valence-corrected chi connectivity index (χ1v) is 5.09. The van der Waals surface area contributed by atoms with E-state index in [-0.39, 0.29) is 5.60 Å². The Morgan fingerprint density at radius 3 is 2.29 bits per heavy atom. The maximum Gasteiger partial charge on any atom is 0.134 e. The number of ether oxygens (including phenoxy) is 1. The molecule has 0 N–H and O–H groups in total. The maximum absolute atomic E-state index is 11.4. The van der Waals surface area contributed by atoms with E-state index in [2.05, 4.69) is 0 Å². The van der Waals surface area contributed by atoms with Crippen molar-refractivity contribution >= 4 is 5.78 Å². The molecular weight excluding hydrogens is 178 g/mol. The Labute approximate surface area is 87.4 Å². The predicted octanol–water partition coefficient (Wildman–Crippen LogP) is 1.71. The summed E-state index contributed by atoms with van der Waals surface area (Å²) in [4.78, 5) is 13.5. The van der Waals surface area contributed by atoms with Crippen LogP contribution in [-0.4, -0.2) is 44.0 Å². The molecule has 0 aromatic rings. The lowest BCUT2D eigenvalue weighted by molar-refractivity contribution is -0.120. The summed E-state index contributed by atoms with van der Waals surface area (Å²) >= 11 is 0. The van der Waals surface area contributed by atoms with Crippen LogP contribution in [0.15, 0.2) is 0 Å². The van der Waals surface area contributed by atoms with Gasteiger partial charge in [-0.15, -0.1) is 0 Å². The topological polar surface area (TPSA) is 29.5 Å². The van der Waals surface area contributed by atoms with Gasteiger partial charge in [0.15, 0.2) is 0 Å². The molecule has 3 heteroatoms. The molecule has 84 valence electrons. The fraction of sp³-hybridized carbons (Fsp3) is 0.909. The van der Waals surface area contributed by atoms with Crippen molar-refractivity contribution in [1.82, 2.24) is 4.90 Å². The number of hydrogen-bond acceptors (Lipinski definition) is 3. The molecule has 0 heterocycles. The summed E-state index contributed by atoms with van der Waals surface area (Å²) in [6.07, 6.45) is 2.07. The van der Waals surface area contributed by atoms with E-state index in [1.165, 1.54) is 0 Å². The van der Waals surface area contributed by atoms with Crippen molar-refractivity contribution in [2.45, 2.75) is 38.7 Å². The van der Waals surface area contributed by atoms with E-state index in [0.717, 1.165) is 13.0 Å². The zero-order chi connectivity index (χ0) is 11.2. The summed E-state index contributed by atoms with van der Waals surface area (Å²) in [6, 6.07) is 0. The van der Waals surface area contributed by atoms with Gasteiger partial charge < -0.3 is 9.64 Å². The molecule has 0 rings (SSSR count). The lowest BCUT2D eigenvalue weighted by Gasteiger charge is -2.22. The number of nitrogens with zero attached hydrogens (tertiary/aromatic N) is 1. The van der Waals surface area contributed by atoms with Crippen molar-refractivity contribution in [3.8, 4) is 0 Å². The first-order valence-electron chi connectivity index (χ1n) is 5.09. The predicted molar refractivity (Wildman–Crippen MR) is 58.5 cm³/mol. The van der Waals surface area contributed by atoms with Crippen LogP contribution >= 0.6 is 0 Å². The highest BCUT2D eigenvalue weighted by atomic mass is 16.5. The quantitative estimate of drug-likeness (QED) is 0.628. The number of methoxy groups -OCH3 is 1. The van der Waals surface area contributed by atoms with E-state index in [1.807, 2.05) is 32.8 Å². The van der Waals surface area contributed by atoms with E-state index < -0.39 is 0 Å². The number of Topliss-reactive ketones (excluding diaryl/α,β-unsaturated/α-hetero) is 1. The second-order valence-electron chi connectivity index (χ2n) is 4.56. The Kier molecular flexibility index (Phi) is 5.96. The molecule has 0 saturated heterocycles. The standard InChI is InChI=1S/C11H23NO2/c1-11(2,14-5)8-6-10(13)7-9-12(3)4/h6-9H2,1-5H3. The monoisotopic (exact) mass is 201 g/mol. The Morgan fingerprint density at radius 2 is 1.86 bits per heavy atom. The van der Waals surface area contributed by atoms with E-state index in [4.69, 9.17) is 4.74 Å². The molecule has 0 saturated carbocycles. The Hall–Kier alpha value is -0.410. The van der Waals surface area contributed by atoms with Gasteiger partial charge in [0, 0.05) is 26.5 Å². The van der Waals surface area contributed by atoms with Gasteiger partial charge in [-0.3, -0.25) is 4.79 Å². The molecule has 3 nitrogen and oxygen atoms in total. The second-order valence-corrected chi connectivity index (χ2v) is 4.56. The van der Waals surface area contributed by atoms with Gasteiger partial charge in [0.1, 0.15) is 5.78 Å². The van der Waals surface area contributed by atoms with Crippen LogP contribution in [-0.2, 0) is 9.53 Å². The molecule has 0 aromatic heterocycles. The summed E-state index contributed by atoms with van der Waals surface area (Å²) in [5.74, 6) is 0.323. The molecular formula is C11H23NO2. The highest BCUT2D eigenvalue weighted by molar-refractivity contribution is 5.78. The van der Waals surface area contributed by atoms with Crippen LogP contribution < -0.4 is 0 Å². The molecule has 0 atom stereocenters. The first kappa shape index (κ1) is 13.6. The average Bonchev–Trinajstić information content (AvgIpc) is 2.11. The SMILES string of the molecule is COC(C)(C)CCC(=O)CCN(C)C. The van der Waals surface area contributed by atoms with Gasteiger partial charge in [0.05, 0.1) is 5.60 Å². The van der Waals surface area contributed by atoms with E-state index in [9.17, 15) is 4.79 Å². The third kappa shape index (κ3) is 7.04. The third-order valence-electron chi connectivity index (χ3n) is 2.40. The smallest absolute Gasteiger partial charge is 0.134 e. The third-order valence-corrected chi connectivity index (χ3v) is 2.40. The van der Waals surface area contributed by atoms with Crippen molar-refractivity contribution in [2.24, 2.45) is 0 Å². The first-order chi connectivity index (χ1) is 6.37. The minimum absolute atomic E-state index is 0.173. The largest absolute Gasteiger partial charge is 0.379 e. The molecule has 0 amide bonds. The lowest BCUT2D eigenvalue weighted by Crippen LogP contribution is -2.24. The fourth-order valence-corrected chi connectivity index (χ4v) is 1.02. The number of carbonyl (C=O) groups excluding carboxylic acids is 1. The molecule has 0 fully saturated rings. The van der Waals surface area contributed by atoms with E-state index >= 15 is 0 Å². The second kappa shape index (κ2) is 6.14. The molecule has 0 unspecified atom stereocenters. The van der Waals surface area contributed by atoms with Gasteiger partial charge in [0.25, 0.3) is 0 Å². The van der Waals surface area contributed by atoms with Gasteiger partial charge >= 0.3 is 0 Å². The molecule has 0 bridgehead atoms. The number of carbonyl (C=O) groups is 1. The van der Waals surface area contributed by atoms with Crippen LogP contribution in [0.1, 0.15) is 33.1 Å². The minimum Gasteiger partial charge on any atom is -0.379 e. The number of rotatable bonds is 7. The Morgan fingerprint density at radius 1 is 1.29 bits per heavy atom. The summed E-state index contributed by atoms with van der Waals surface area (Å²) < 4.78 is 5.25. The molecule has 14 heavy (non-hydrogen) atoms. The zero-order valence-corrected chi connectivity index (χ0v) is 10.1. The van der Waals surface area contributed by atoms with Gasteiger partial charge in [-0.2, -0.15) is 0 Å². The molecule has 0 aromatic carbocycles. The molecule has 0 spiro atoms. The molecule has 0 aliphatic heterocycles. The van der Waals surface area contributed by atoms with Crippen molar-refractivity contribution in [3.63, 3.8) is 0 Å². The van der Waals surface area contributed by atoms with Crippen LogP contribution in [0.2, 0.25) is 0 Å². The van der Waals surface area contributed by atoms with Crippen molar-refractivity contribution in [2.75, 3.05) is 27.7 Å². The van der Waals surface area contributed by atoms with Gasteiger partial charge in [0.2, 0.25) is 0 Å². The average molecular weight is 201 g/mol. The molecule has 0 radical (unpaired) electrons. The number of ketones is 1. The van der Waals surface area contributed by atoms with Crippen molar-refractivity contribution in [1.29, 1.82) is 0 Å².